The minimum absolute atomic E-state index is 0.0523. The average molecular weight is 562 g/mol. The van der Waals surface area contributed by atoms with Crippen molar-refractivity contribution >= 4 is 34.8 Å². The second-order valence-electron chi connectivity index (χ2n) is 11.5. The molecule has 2 aromatic carbocycles. The quantitative estimate of drug-likeness (QED) is 0.299. The third kappa shape index (κ3) is 4.65. The Morgan fingerprint density at radius 3 is 2.43 bits per heavy atom. The molecule has 0 radical (unpaired) electrons. The van der Waals surface area contributed by atoms with E-state index >= 15 is 0 Å². The number of hydrogen-bond donors (Lipinski definition) is 0. The Bertz CT molecular complexity index is 1680. The fraction of sp³-hybridized carbons (Fsp3) is 0.353. The summed E-state index contributed by atoms with van der Waals surface area (Å²) in [6.07, 6.45) is 11.6. The number of ether oxygens (including phenoxy) is 1. The van der Waals surface area contributed by atoms with Gasteiger partial charge in [-0.3, -0.25) is 4.79 Å². The number of hydrogen-bond acceptors (Lipinski definition) is 6. The number of benzene rings is 2. The van der Waals surface area contributed by atoms with E-state index in [1.165, 1.54) is 43.0 Å². The molecule has 1 saturated heterocycles. The average Bonchev–Trinajstić information content (AvgIpc) is 3.27. The lowest BCUT2D eigenvalue weighted by atomic mass is 9.81. The Labute approximate surface area is 245 Å². The van der Waals surface area contributed by atoms with E-state index in [1.807, 2.05) is 29.2 Å². The van der Waals surface area contributed by atoms with Gasteiger partial charge in [0.1, 0.15) is 0 Å². The number of fused-ring (bicyclic) bond motifs is 5. The molecule has 2 aromatic heterocycles. The van der Waals surface area contributed by atoms with Gasteiger partial charge in [0.2, 0.25) is 5.95 Å². The second-order valence-corrected chi connectivity index (χ2v) is 11.5. The highest BCUT2D eigenvalue weighted by atomic mass is 16.5. The highest BCUT2D eigenvalue weighted by Gasteiger charge is 2.32. The number of carbonyl (C=O) groups is 2. The van der Waals surface area contributed by atoms with Gasteiger partial charge in [-0.1, -0.05) is 49.6 Å². The van der Waals surface area contributed by atoms with E-state index in [4.69, 9.17) is 4.74 Å². The summed E-state index contributed by atoms with van der Waals surface area (Å²) in [7, 11) is 1.41. The molecule has 3 aliphatic rings. The first kappa shape index (κ1) is 26.4. The van der Waals surface area contributed by atoms with Crippen molar-refractivity contribution in [3.63, 3.8) is 0 Å². The highest BCUT2D eigenvalue weighted by Crippen LogP contribution is 2.46. The minimum atomic E-state index is -0.354. The van der Waals surface area contributed by atoms with Gasteiger partial charge in [-0.2, -0.15) is 0 Å². The van der Waals surface area contributed by atoms with Crippen molar-refractivity contribution in [1.29, 1.82) is 0 Å². The normalized spacial score (nSPS) is 17.3. The van der Waals surface area contributed by atoms with Crippen LogP contribution in [-0.4, -0.2) is 64.6 Å². The Morgan fingerprint density at radius 1 is 0.905 bits per heavy atom. The van der Waals surface area contributed by atoms with Crippen molar-refractivity contribution in [1.82, 2.24) is 19.4 Å². The molecule has 1 saturated carbocycles. The Morgan fingerprint density at radius 2 is 1.67 bits per heavy atom. The van der Waals surface area contributed by atoms with Gasteiger partial charge >= 0.3 is 5.97 Å². The van der Waals surface area contributed by atoms with E-state index in [0.29, 0.717) is 50.2 Å². The maximum Gasteiger partial charge on any atom is 0.337 e. The molecule has 0 spiro atoms. The number of esters is 1. The Hall–Kier alpha value is -4.46. The van der Waals surface area contributed by atoms with Gasteiger partial charge < -0.3 is 19.1 Å². The molecule has 214 valence electrons. The molecule has 7 rings (SSSR count). The van der Waals surface area contributed by atoms with Crippen LogP contribution < -0.4 is 4.90 Å². The van der Waals surface area contributed by atoms with E-state index < -0.39 is 0 Å². The first-order valence-electron chi connectivity index (χ1n) is 15.0. The standard InChI is InChI=1S/C34H35N5O3/c1-42-33(41)25-12-13-28-29(21-25)39-22-26(32(40)37-16-18-38(19-17-37)34-35-14-7-15-36-34)20-24-10-5-6-11-27(24)31(39)30(28)23-8-3-2-4-9-23/h5-7,10-15,20-21,23H,2-4,8-9,16-19,22H2,1H3. The lowest BCUT2D eigenvalue weighted by Crippen LogP contribution is -2.49. The number of rotatable bonds is 4. The van der Waals surface area contributed by atoms with E-state index in [1.54, 1.807) is 12.4 Å². The van der Waals surface area contributed by atoms with Crippen molar-refractivity contribution in [2.45, 2.75) is 44.6 Å². The third-order valence-corrected chi connectivity index (χ3v) is 9.09. The second kappa shape index (κ2) is 11.1. The first-order chi connectivity index (χ1) is 20.6. The Balaban J connectivity index is 1.31. The number of nitrogens with zero attached hydrogens (tertiary/aromatic N) is 5. The zero-order chi connectivity index (χ0) is 28.6. The summed E-state index contributed by atoms with van der Waals surface area (Å²) in [6, 6.07) is 16.1. The molecule has 8 heteroatoms. The number of amides is 1. The van der Waals surface area contributed by atoms with Crippen LogP contribution >= 0.6 is 0 Å². The number of aromatic nitrogens is 3. The van der Waals surface area contributed by atoms with Gasteiger partial charge in [0.05, 0.1) is 24.9 Å². The van der Waals surface area contributed by atoms with E-state index in [-0.39, 0.29) is 11.9 Å². The van der Waals surface area contributed by atoms with Crippen molar-refractivity contribution < 1.29 is 14.3 Å². The molecule has 1 amide bonds. The van der Waals surface area contributed by atoms with E-state index in [2.05, 4.69) is 49.8 Å². The zero-order valence-corrected chi connectivity index (χ0v) is 24.0. The lowest BCUT2D eigenvalue weighted by Gasteiger charge is -2.35. The summed E-state index contributed by atoms with van der Waals surface area (Å²) < 4.78 is 7.37. The minimum Gasteiger partial charge on any atom is -0.465 e. The van der Waals surface area contributed by atoms with Gasteiger partial charge in [0.25, 0.3) is 5.91 Å². The fourth-order valence-electron chi connectivity index (χ4n) is 7.02. The predicted octanol–water partition coefficient (Wildman–Crippen LogP) is 5.68. The van der Waals surface area contributed by atoms with Gasteiger partial charge in [-0.15, -0.1) is 0 Å². The van der Waals surface area contributed by atoms with Crippen LogP contribution in [0.1, 0.15) is 59.5 Å². The SMILES string of the molecule is COC(=O)c1ccc2c(C3CCCCC3)c3n(c2c1)CC(C(=O)N1CCN(c2ncccn2)CC1)=Cc1ccccc1-3. The number of anilines is 1. The highest BCUT2D eigenvalue weighted by molar-refractivity contribution is 6.03. The van der Waals surface area contributed by atoms with Crippen LogP contribution in [0.3, 0.4) is 0 Å². The van der Waals surface area contributed by atoms with Crippen LogP contribution in [0.15, 0.2) is 66.5 Å². The molecule has 8 nitrogen and oxygen atoms in total. The molecule has 0 unspecified atom stereocenters. The van der Waals surface area contributed by atoms with Crippen LogP contribution in [-0.2, 0) is 16.1 Å². The Kier molecular flexibility index (Phi) is 6.98. The maximum absolute atomic E-state index is 14.2. The molecule has 42 heavy (non-hydrogen) atoms. The molecule has 1 aliphatic carbocycles. The van der Waals surface area contributed by atoms with Crippen LogP contribution in [0.2, 0.25) is 0 Å². The van der Waals surface area contributed by atoms with Gasteiger partial charge in [0.15, 0.2) is 0 Å². The van der Waals surface area contributed by atoms with Crippen LogP contribution in [0.5, 0.6) is 0 Å². The number of carbonyl (C=O) groups excluding carboxylic acids is 2. The third-order valence-electron chi connectivity index (χ3n) is 9.09. The van der Waals surface area contributed by atoms with Gasteiger partial charge in [-0.25, -0.2) is 14.8 Å². The van der Waals surface area contributed by atoms with E-state index in [0.717, 1.165) is 35.1 Å². The van der Waals surface area contributed by atoms with Crippen LogP contribution in [0, 0.1) is 0 Å². The van der Waals surface area contributed by atoms with Crippen molar-refractivity contribution in [2.75, 3.05) is 38.2 Å². The smallest absolute Gasteiger partial charge is 0.337 e. The van der Waals surface area contributed by atoms with Crippen LogP contribution in [0.25, 0.3) is 28.2 Å². The summed E-state index contributed by atoms with van der Waals surface area (Å²) >= 11 is 0. The molecule has 0 bridgehead atoms. The topological polar surface area (TPSA) is 80.6 Å². The van der Waals surface area contributed by atoms with Crippen molar-refractivity contribution in [3.8, 4) is 11.3 Å². The molecule has 0 atom stereocenters. The molecular formula is C34H35N5O3. The summed E-state index contributed by atoms with van der Waals surface area (Å²) in [6.45, 7) is 3.03. The van der Waals surface area contributed by atoms with Crippen molar-refractivity contribution in [3.05, 3.63) is 83.2 Å². The van der Waals surface area contributed by atoms with Gasteiger partial charge in [0, 0.05) is 60.6 Å². The van der Waals surface area contributed by atoms with Crippen LogP contribution in [0.4, 0.5) is 5.95 Å². The largest absolute Gasteiger partial charge is 0.465 e. The number of piperazine rings is 1. The monoisotopic (exact) mass is 561 g/mol. The van der Waals surface area contributed by atoms with Gasteiger partial charge in [-0.05, 0) is 54.2 Å². The predicted molar refractivity (Wildman–Crippen MR) is 163 cm³/mol. The fourth-order valence-corrected chi connectivity index (χ4v) is 7.02. The molecule has 2 aliphatic heterocycles. The lowest BCUT2D eigenvalue weighted by molar-refractivity contribution is -0.127. The molecule has 4 heterocycles. The molecule has 2 fully saturated rings. The first-order valence-corrected chi connectivity index (χ1v) is 15.0. The maximum atomic E-state index is 14.2. The zero-order valence-electron chi connectivity index (χ0n) is 24.0. The van der Waals surface area contributed by atoms with E-state index in [9.17, 15) is 9.59 Å². The summed E-state index contributed by atoms with van der Waals surface area (Å²) in [5.74, 6) is 0.844. The summed E-state index contributed by atoms with van der Waals surface area (Å²) in [5, 5.41) is 1.17. The molecular weight excluding hydrogens is 526 g/mol. The molecule has 4 aromatic rings. The summed E-state index contributed by atoms with van der Waals surface area (Å²) in [5.41, 5.74) is 6.99. The summed E-state index contributed by atoms with van der Waals surface area (Å²) in [4.78, 5) is 39.6. The van der Waals surface area contributed by atoms with Crippen molar-refractivity contribution in [2.24, 2.45) is 0 Å². The number of methoxy groups -OCH3 is 1. The molecule has 0 N–H and O–H groups in total.